The maximum atomic E-state index is 2.45. The zero-order valence-corrected chi connectivity index (χ0v) is 25.9. The summed E-state index contributed by atoms with van der Waals surface area (Å²) < 4.78 is 2.61. The Hall–Kier alpha value is -5.70. The molecule has 0 radical (unpaired) electrons. The highest BCUT2D eigenvalue weighted by Gasteiger charge is 2.20. The molecule has 0 aliphatic heterocycles. The van der Waals surface area contributed by atoms with Gasteiger partial charge in [-0.2, -0.15) is 0 Å². The van der Waals surface area contributed by atoms with Crippen molar-refractivity contribution in [1.82, 2.24) is 0 Å². The predicted molar refractivity (Wildman–Crippen MR) is 200 cm³/mol. The number of hydrogen-bond donors (Lipinski definition) is 0. The molecular formula is C44H29NS. The lowest BCUT2D eigenvalue weighted by Gasteiger charge is -2.29. The smallest absolute Gasteiger partial charge is 0.0546 e. The summed E-state index contributed by atoms with van der Waals surface area (Å²) in [6, 6.07) is 64.1. The van der Waals surface area contributed by atoms with Gasteiger partial charge in [-0.05, 0) is 86.8 Å². The molecule has 2 heteroatoms. The molecule has 0 unspecified atom stereocenters. The summed E-state index contributed by atoms with van der Waals surface area (Å²) in [6.07, 6.45) is 0. The molecule has 1 heterocycles. The molecule has 216 valence electrons. The second-order valence-electron chi connectivity index (χ2n) is 11.8. The standard InChI is InChI=1S/C44H29NS/c1-3-11-30(12-4-1)35-20-19-31-21-22-37(26-36(31)25-35)45(38-23-24-40-39-17-9-10-18-43(39)46-44(40)29-38)42-28-34-16-8-7-15-33(34)27-41(42)32-13-5-2-6-14-32/h1-29H. The molecule has 1 nitrogen and oxygen atoms in total. The van der Waals surface area contributed by atoms with E-state index in [1.54, 1.807) is 0 Å². The summed E-state index contributed by atoms with van der Waals surface area (Å²) in [6.45, 7) is 0. The number of benzene rings is 8. The molecule has 0 spiro atoms. The Kier molecular flexibility index (Phi) is 6.40. The molecule has 0 saturated carbocycles. The monoisotopic (exact) mass is 603 g/mol. The van der Waals surface area contributed by atoms with Crippen LogP contribution < -0.4 is 4.90 Å². The normalized spacial score (nSPS) is 11.5. The van der Waals surface area contributed by atoms with Crippen molar-refractivity contribution in [2.24, 2.45) is 0 Å². The van der Waals surface area contributed by atoms with E-state index in [1.807, 2.05) is 11.3 Å². The number of hydrogen-bond acceptors (Lipinski definition) is 2. The van der Waals surface area contributed by atoms with Gasteiger partial charge in [0.15, 0.2) is 0 Å². The number of thiophene rings is 1. The Labute approximate surface area is 272 Å². The molecule has 46 heavy (non-hydrogen) atoms. The van der Waals surface area contributed by atoms with Gasteiger partial charge in [0.05, 0.1) is 5.69 Å². The molecule has 9 aromatic rings. The molecule has 0 amide bonds. The van der Waals surface area contributed by atoms with Crippen LogP contribution in [0, 0.1) is 0 Å². The first kappa shape index (κ1) is 26.7. The molecule has 0 atom stereocenters. The molecule has 0 aliphatic carbocycles. The second kappa shape index (κ2) is 11.0. The van der Waals surface area contributed by atoms with Crippen molar-refractivity contribution in [2.75, 3.05) is 4.90 Å². The summed E-state index contributed by atoms with van der Waals surface area (Å²) in [7, 11) is 0. The zero-order chi connectivity index (χ0) is 30.5. The fraction of sp³-hybridized carbons (Fsp3) is 0. The summed E-state index contributed by atoms with van der Waals surface area (Å²) in [5.74, 6) is 0. The zero-order valence-electron chi connectivity index (χ0n) is 25.1. The van der Waals surface area contributed by atoms with Crippen LogP contribution in [-0.4, -0.2) is 0 Å². The Morgan fingerprint density at radius 2 is 0.978 bits per heavy atom. The maximum absolute atomic E-state index is 2.45. The Morgan fingerprint density at radius 3 is 1.80 bits per heavy atom. The van der Waals surface area contributed by atoms with Gasteiger partial charge in [0, 0.05) is 37.1 Å². The summed E-state index contributed by atoms with van der Waals surface area (Å²) >= 11 is 1.86. The molecular weight excluding hydrogens is 575 g/mol. The Balaban J connectivity index is 1.31. The van der Waals surface area contributed by atoms with Crippen LogP contribution in [0.3, 0.4) is 0 Å². The van der Waals surface area contributed by atoms with Crippen molar-refractivity contribution in [3.63, 3.8) is 0 Å². The summed E-state index contributed by atoms with van der Waals surface area (Å²) in [4.78, 5) is 2.45. The van der Waals surface area contributed by atoms with Crippen LogP contribution in [0.5, 0.6) is 0 Å². The van der Waals surface area contributed by atoms with Gasteiger partial charge in [-0.25, -0.2) is 0 Å². The van der Waals surface area contributed by atoms with Gasteiger partial charge in [0.25, 0.3) is 0 Å². The topological polar surface area (TPSA) is 3.24 Å². The van der Waals surface area contributed by atoms with E-state index in [2.05, 4.69) is 181 Å². The van der Waals surface area contributed by atoms with Gasteiger partial charge in [0.2, 0.25) is 0 Å². The summed E-state index contributed by atoms with van der Waals surface area (Å²) in [5.41, 5.74) is 8.28. The van der Waals surface area contributed by atoms with Crippen LogP contribution in [0.2, 0.25) is 0 Å². The van der Waals surface area contributed by atoms with Gasteiger partial charge in [-0.15, -0.1) is 11.3 Å². The highest BCUT2D eigenvalue weighted by molar-refractivity contribution is 7.25. The van der Waals surface area contributed by atoms with E-state index in [9.17, 15) is 0 Å². The highest BCUT2D eigenvalue weighted by Crippen LogP contribution is 2.45. The third kappa shape index (κ3) is 4.63. The van der Waals surface area contributed by atoms with E-state index < -0.39 is 0 Å². The molecule has 1 aromatic heterocycles. The molecule has 0 fully saturated rings. The average Bonchev–Trinajstić information content (AvgIpc) is 3.50. The third-order valence-electron chi connectivity index (χ3n) is 9.00. The largest absolute Gasteiger partial charge is 0.310 e. The molecule has 8 aromatic carbocycles. The first-order valence-electron chi connectivity index (χ1n) is 15.7. The minimum atomic E-state index is 1.13. The van der Waals surface area contributed by atoms with E-state index in [-0.39, 0.29) is 0 Å². The lowest BCUT2D eigenvalue weighted by Crippen LogP contribution is -2.11. The van der Waals surface area contributed by atoms with Crippen LogP contribution >= 0.6 is 11.3 Å². The van der Waals surface area contributed by atoms with Crippen LogP contribution in [0.1, 0.15) is 0 Å². The number of nitrogens with zero attached hydrogens (tertiary/aromatic N) is 1. The van der Waals surface area contributed by atoms with E-state index in [4.69, 9.17) is 0 Å². The van der Waals surface area contributed by atoms with Gasteiger partial charge >= 0.3 is 0 Å². The lowest BCUT2D eigenvalue weighted by molar-refractivity contribution is 1.30. The Bertz CT molecular complexity index is 2530. The van der Waals surface area contributed by atoms with E-state index in [1.165, 1.54) is 64.0 Å². The van der Waals surface area contributed by atoms with E-state index in [0.717, 1.165) is 17.1 Å². The highest BCUT2D eigenvalue weighted by atomic mass is 32.1. The van der Waals surface area contributed by atoms with Crippen molar-refractivity contribution < 1.29 is 0 Å². The molecule has 9 rings (SSSR count). The van der Waals surface area contributed by atoms with Crippen molar-refractivity contribution in [3.05, 3.63) is 176 Å². The second-order valence-corrected chi connectivity index (χ2v) is 12.9. The van der Waals surface area contributed by atoms with Gasteiger partial charge in [-0.3, -0.25) is 0 Å². The average molecular weight is 604 g/mol. The molecule has 0 aliphatic rings. The van der Waals surface area contributed by atoms with Crippen LogP contribution in [0.25, 0.3) is 64.0 Å². The molecule has 0 bridgehead atoms. The van der Waals surface area contributed by atoms with Gasteiger partial charge < -0.3 is 4.90 Å². The van der Waals surface area contributed by atoms with Gasteiger partial charge in [-0.1, -0.05) is 127 Å². The summed E-state index contributed by atoms with van der Waals surface area (Å²) in [5, 5.41) is 7.51. The van der Waals surface area contributed by atoms with Crippen molar-refractivity contribution in [3.8, 4) is 22.3 Å². The first-order chi connectivity index (χ1) is 22.8. The van der Waals surface area contributed by atoms with E-state index >= 15 is 0 Å². The molecule has 0 N–H and O–H groups in total. The van der Waals surface area contributed by atoms with Gasteiger partial charge in [0.1, 0.15) is 0 Å². The Morgan fingerprint density at radius 1 is 0.348 bits per heavy atom. The third-order valence-corrected chi connectivity index (χ3v) is 10.1. The quantitative estimate of drug-likeness (QED) is 0.189. The number of anilines is 3. The van der Waals surface area contributed by atoms with Crippen molar-refractivity contribution in [1.29, 1.82) is 0 Å². The van der Waals surface area contributed by atoms with Crippen LogP contribution in [0.4, 0.5) is 17.1 Å². The lowest BCUT2D eigenvalue weighted by atomic mass is 9.97. The number of rotatable bonds is 5. The fourth-order valence-corrected chi connectivity index (χ4v) is 7.87. The number of fused-ring (bicyclic) bond motifs is 5. The molecule has 0 saturated heterocycles. The van der Waals surface area contributed by atoms with Crippen LogP contribution in [-0.2, 0) is 0 Å². The minimum Gasteiger partial charge on any atom is -0.310 e. The van der Waals surface area contributed by atoms with Crippen molar-refractivity contribution >= 4 is 70.1 Å². The predicted octanol–water partition coefficient (Wildman–Crippen LogP) is 13.2. The fourth-order valence-electron chi connectivity index (χ4n) is 6.73. The minimum absolute atomic E-state index is 1.13. The first-order valence-corrected chi connectivity index (χ1v) is 16.5. The maximum Gasteiger partial charge on any atom is 0.0546 e. The van der Waals surface area contributed by atoms with Crippen LogP contribution in [0.15, 0.2) is 176 Å². The van der Waals surface area contributed by atoms with E-state index in [0.29, 0.717) is 0 Å². The van der Waals surface area contributed by atoms with Crippen molar-refractivity contribution in [2.45, 2.75) is 0 Å². The SMILES string of the molecule is c1ccc(-c2ccc3ccc(N(c4ccc5c(c4)sc4ccccc45)c4cc5ccccc5cc4-c4ccccc4)cc3c2)cc1.